The van der Waals surface area contributed by atoms with Gasteiger partial charge in [-0.15, -0.1) is 0 Å². The molecular weight excluding hydrogens is 507 g/mol. The summed E-state index contributed by atoms with van der Waals surface area (Å²) in [5.41, 5.74) is 5.28. The predicted molar refractivity (Wildman–Crippen MR) is 144 cm³/mol. The van der Waals surface area contributed by atoms with Gasteiger partial charge >= 0.3 is 0 Å². The Morgan fingerprint density at radius 3 is 2.28 bits per heavy atom. The van der Waals surface area contributed by atoms with E-state index in [2.05, 4.69) is 4.90 Å². The lowest BCUT2D eigenvalue weighted by Crippen LogP contribution is -2.44. The molecule has 0 aromatic heterocycles. The van der Waals surface area contributed by atoms with Crippen molar-refractivity contribution in [1.29, 1.82) is 0 Å². The van der Waals surface area contributed by atoms with E-state index < -0.39 is 35.5 Å². The minimum atomic E-state index is -1.37. The summed E-state index contributed by atoms with van der Waals surface area (Å²) >= 11 is 0. The first-order valence-electron chi connectivity index (χ1n) is 13.8. The average molecular weight is 546 g/mol. The number of hydrogen-bond donors (Lipinski definition) is 1. The van der Waals surface area contributed by atoms with E-state index in [0.717, 1.165) is 36.4 Å². The highest BCUT2D eigenvalue weighted by Gasteiger charge is 2.39. The van der Waals surface area contributed by atoms with E-state index in [1.54, 1.807) is 6.07 Å². The fraction of sp³-hybridized carbons (Fsp3) is 0.533. The Labute approximate surface area is 228 Å². The van der Waals surface area contributed by atoms with Gasteiger partial charge in [-0.2, -0.15) is 0 Å². The molecule has 0 radical (unpaired) electrons. The molecule has 0 unspecified atom stereocenters. The Bertz CT molecular complexity index is 1150. The lowest BCUT2D eigenvalue weighted by molar-refractivity contribution is -0.121. The number of carbonyl (C=O) groups is 2. The lowest BCUT2D eigenvalue weighted by atomic mass is 9.94. The number of benzene rings is 2. The molecule has 2 aromatic carbocycles. The minimum absolute atomic E-state index is 0.175. The third-order valence-electron chi connectivity index (χ3n) is 8.19. The second-order valence-electron chi connectivity index (χ2n) is 10.8. The van der Waals surface area contributed by atoms with Crippen molar-refractivity contribution in [1.82, 2.24) is 9.80 Å². The number of amides is 2. The van der Waals surface area contributed by atoms with Crippen LogP contribution in [0, 0.1) is 11.7 Å². The molecule has 2 N–H and O–H groups in total. The van der Waals surface area contributed by atoms with E-state index >= 15 is 0 Å². The molecule has 4 rings (SSSR count). The highest BCUT2D eigenvalue weighted by Crippen LogP contribution is 2.29. The number of piperidine rings is 1. The number of hydrogen-bond acceptors (Lipinski definition) is 4. The summed E-state index contributed by atoms with van der Waals surface area (Å²) in [6.07, 6.45) is 1.46. The second-order valence-corrected chi connectivity index (χ2v) is 10.8. The Hall–Kier alpha value is -3.07. The molecule has 212 valence electrons. The predicted octanol–water partition coefficient (Wildman–Crippen LogP) is 5.15. The molecule has 2 aromatic rings. The van der Waals surface area contributed by atoms with Crippen molar-refractivity contribution in [3.63, 3.8) is 0 Å². The van der Waals surface area contributed by atoms with Crippen LogP contribution in [0.25, 0.3) is 11.1 Å². The smallest absolute Gasteiger partial charge is 0.257 e. The van der Waals surface area contributed by atoms with Crippen molar-refractivity contribution < 1.29 is 27.5 Å². The van der Waals surface area contributed by atoms with Crippen molar-refractivity contribution in [2.75, 3.05) is 32.8 Å². The van der Waals surface area contributed by atoms with Gasteiger partial charge in [0, 0.05) is 13.0 Å². The van der Waals surface area contributed by atoms with E-state index in [4.69, 9.17) is 10.5 Å². The number of nitrogens with two attached hydrogens (primary N) is 1. The lowest BCUT2D eigenvalue weighted by Gasteiger charge is -2.36. The van der Waals surface area contributed by atoms with Crippen LogP contribution in [0.3, 0.4) is 0 Å². The highest BCUT2D eigenvalue weighted by atomic mass is 19.1. The normalized spacial score (nSPS) is 20.8. The van der Waals surface area contributed by atoms with Crippen molar-refractivity contribution in [2.45, 2.75) is 63.8 Å². The molecular formula is C30H38F3N3O3. The van der Waals surface area contributed by atoms with Crippen LogP contribution in [0.4, 0.5) is 13.2 Å². The highest BCUT2D eigenvalue weighted by molar-refractivity contribution is 5.98. The van der Waals surface area contributed by atoms with Gasteiger partial charge < -0.3 is 20.3 Å². The molecule has 2 heterocycles. The summed E-state index contributed by atoms with van der Waals surface area (Å²) in [6, 6.07) is 10.4. The van der Waals surface area contributed by atoms with Crippen molar-refractivity contribution in [3.05, 3.63) is 53.8 Å². The summed E-state index contributed by atoms with van der Waals surface area (Å²) in [6.45, 7) is 6.35. The number of halogens is 3. The van der Waals surface area contributed by atoms with Gasteiger partial charge in [-0.05, 0) is 80.1 Å². The second kappa shape index (κ2) is 12.4. The topological polar surface area (TPSA) is 75.9 Å². The van der Waals surface area contributed by atoms with Gasteiger partial charge in [0.15, 0.2) is 0 Å². The molecule has 0 aliphatic carbocycles. The zero-order chi connectivity index (χ0) is 28.2. The number of likely N-dealkylation sites (tertiary alicyclic amines) is 2. The standard InChI is InChI=1S/C30H38F3N3O3/c1-3-30(33,4-2)19-35-13-11-20(12-14-35)18-39-24-8-5-21(6-9-24)22-7-10-25(26(32)15-22)29(38)36-17-23(31)16-27(36)28(34)37/h5-10,15,20,23,27H,3-4,11-14,16-19H2,1-2H3,(H2,34,37)/t23-,27-/m0/s1. The summed E-state index contributed by atoms with van der Waals surface area (Å²) in [5, 5.41) is 0. The number of primary amides is 1. The van der Waals surface area contributed by atoms with Crippen molar-refractivity contribution in [3.8, 4) is 16.9 Å². The molecule has 2 aliphatic heterocycles. The molecule has 39 heavy (non-hydrogen) atoms. The Balaban J connectivity index is 1.31. The molecule has 2 fully saturated rings. The van der Waals surface area contributed by atoms with Crippen LogP contribution in [0.15, 0.2) is 42.5 Å². The van der Waals surface area contributed by atoms with Gasteiger partial charge in [-0.25, -0.2) is 13.2 Å². The van der Waals surface area contributed by atoms with Gasteiger partial charge in [0.25, 0.3) is 5.91 Å². The van der Waals surface area contributed by atoms with Crippen LogP contribution in [0.5, 0.6) is 5.75 Å². The molecule has 6 nitrogen and oxygen atoms in total. The quantitative estimate of drug-likeness (QED) is 0.448. The number of carbonyl (C=O) groups excluding carboxylic acids is 2. The summed E-state index contributed by atoms with van der Waals surface area (Å²) < 4.78 is 49.5. The monoisotopic (exact) mass is 545 g/mol. The van der Waals surface area contributed by atoms with Gasteiger partial charge in [0.2, 0.25) is 5.91 Å². The number of ether oxygens (including phenoxy) is 1. The van der Waals surface area contributed by atoms with E-state index in [9.17, 15) is 22.8 Å². The first kappa shape index (κ1) is 28.9. The Kier molecular flexibility index (Phi) is 9.20. The number of rotatable bonds is 10. The van der Waals surface area contributed by atoms with Gasteiger partial charge in [-0.1, -0.05) is 32.0 Å². The van der Waals surface area contributed by atoms with E-state index in [1.807, 2.05) is 38.1 Å². The zero-order valence-corrected chi connectivity index (χ0v) is 22.7. The third-order valence-corrected chi connectivity index (χ3v) is 8.19. The van der Waals surface area contributed by atoms with E-state index in [1.165, 1.54) is 12.1 Å². The fourth-order valence-electron chi connectivity index (χ4n) is 5.44. The molecule has 0 spiro atoms. The van der Waals surface area contributed by atoms with Gasteiger partial charge in [-0.3, -0.25) is 9.59 Å². The third kappa shape index (κ3) is 6.93. The van der Waals surface area contributed by atoms with Crippen molar-refractivity contribution >= 4 is 11.8 Å². The van der Waals surface area contributed by atoms with E-state index in [0.29, 0.717) is 43.2 Å². The molecule has 9 heteroatoms. The van der Waals surface area contributed by atoms with Crippen LogP contribution in [0.1, 0.15) is 56.3 Å². The largest absolute Gasteiger partial charge is 0.493 e. The average Bonchev–Trinajstić information content (AvgIpc) is 3.34. The summed E-state index contributed by atoms with van der Waals surface area (Å²) in [4.78, 5) is 27.6. The molecule has 2 aliphatic rings. The summed E-state index contributed by atoms with van der Waals surface area (Å²) in [7, 11) is 0. The SMILES string of the molecule is CCC(F)(CC)CN1CCC(COc2ccc(-c3ccc(C(=O)N4C[C@@H](F)C[C@H]4C(N)=O)c(F)c3)cc2)CC1. The van der Waals surface area contributed by atoms with Crippen LogP contribution in [-0.2, 0) is 4.79 Å². The Morgan fingerprint density at radius 1 is 1.05 bits per heavy atom. The minimum Gasteiger partial charge on any atom is -0.493 e. The summed E-state index contributed by atoms with van der Waals surface area (Å²) in [5.74, 6) is -1.19. The van der Waals surface area contributed by atoms with Crippen molar-refractivity contribution in [2.24, 2.45) is 11.7 Å². The molecule has 0 saturated carbocycles. The maximum absolute atomic E-state index is 14.9. The van der Waals surface area contributed by atoms with Gasteiger partial charge in [0.1, 0.15) is 29.4 Å². The van der Waals surface area contributed by atoms with E-state index in [-0.39, 0.29) is 18.5 Å². The molecule has 2 amide bonds. The molecule has 2 saturated heterocycles. The first-order valence-corrected chi connectivity index (χ1v) is 13.8. The molecule has 2 atom stereocenters. The molecule has 0 bridgehead atoms. The first-order chi connectivity index (χ1) is 18.6. The Morgan fingerprint density at radius 2 is 1.69 bits per heavy atom. The van der Waals surface area contributed by atoms with Crippen LogP contribution in [-0.4, -0.2) is 72.3 Å². The van der Waals surface area contributed by atoms with Gasteiger partial charge in [0.05, 0.1) is 18.7 Å². The van der Waals surface area contributed by atoms with Crippen LogP contribution < -0.4 is 10.5 Å². The number of alkyl halides is 2. The fourth-order valence-corrected chi connectivity index (χ4v) is 5.44. The maximum atomic E-state index is 14.9. The number of nitrogens with zero attached hydrogens (tertiary/aromatic N) is 2. The maximum Gasteiger partial charge on any atom is 0.257 e. The zero-order valence-electron chi connectivity index (χ0n) is 22.7. The van der Waals surface area contributed by atoms with Crippen LogP contribution >= 0.6 is 0 Å². The van der Waals surface area contributed by atoms with Crippen LogP contribution in [0.2, 0.25) is 0 Å².